The molecule has 0 spiro atoms. The third-order valence-electron chi connectivity index (χ3n) is 1.84. The summed E-state index contributed by atoms with van der Waals surface area (Å²) in [5.41, 5.74) is 0. The Bertz CT molecular complexity index is 442. The highest BCUT2D eigenvalue weighted by molar-refractivity contribution is 7.88. The van der Waals surface area contributed by atoms with E-state index in [1.165, 1.54) is 0 Å². The maximum absolute atomic E-state index is 11.2. The quantitative estimate of drug-likeness (QED) is 0.600. The van der Waals surface area contributed by atoms with Gasteiger partial charge in [-0.2, -0.15) is 13.1 Å². The number of hydrogen-bond donors (Lipinski definition) is 3. The van der Waals surface area contributed by atoms with Crippen LogP contribution in [0.15, 0.2) is 12.4 Å². The van der Waals surface area contributed by atoms with Crippen LogP contribution >= 0.6 is 0 Å². The van der Waals surface area contributed by atoms with Crippen molar-refractivity contribution < 1.29 is 17.9 Å². The molecule has 0 aliphatic carbocycles. The lowest BCUT2D eigenvalue weighted by atomic mass is 10.3. The first-order valence-electron chi connectivity index (χ1n) is 4.87. The molecular weight excluding hydrogens is 248 g/mol. The molecular formula is C8H14N4O4S. The highest BCUT2D eigenvalue weighted by Crippen LogP contribution is 1.93. The fraction of sp³-hybridized carbons (Fsp3) is 0.500. The first-order chi connectivity index (χ1) is 8.03. The summed E-state index contributed by atoms with van der Waals surface area (Å²) < 4.78 is 30.5. The number of carbonyl (C=O) groups excluding carboxylic acids is 1. The zero-order valence-electron chi connectivity index (χ0n) is 9.26. The van der Waals surface area contributed by atoms with Gasteiger partial charge in [-0.25, -0.2) is 14.5 Å². The van der Waals surface area contributed by atoms with E-state index in [0.29, 0.717) is 12.8 Å². The van der Waals surface area contributed by atoms with Crippen LogP contribution in [0, 0.1) is 0 Å². The molecule has 1 aromatic rings. The molecule has 0 atom stereocenters. The lowest BCUT2D eigenvalue weighted by Gasteiger charge is -2.06. The van der Waals surface area contributed by atoms with Gasteiger partial charge in [-0.15, -0.1) is 0 Å². The lowest BCUT2D eigenvalue weighted by molar-refractivity contribution is 0.177. The number of aromatic amines is 1. The predicted molar refractivity (Wildman–Crippen MR) is 59.4 cm³/mol. The van der Waals surface area contributed by atoms with Gasteiger partial charge in [0.2, 0.25) is 0 Å². The molecule has 0 radical (unpaired) electrons. The van der Waals surface area contributed by atoms with Crippen LogP contribution in [0.3, 0.4) is 0 Å². The zero-order chi connectivity index (χ0) is 12.7. The van der Waals surface area contributed by atoms with Crippen molar-refractivity contribution in [3.8, 4) is 0 Å². The number of imidazole rings is 1. The van der Waals surface area contributed by atoms with Crippen molar-refractivity contribution in [3.05, 3.63) is 18.2 Å². The van der Waals surface area contributed by atoms with Gasteiger partial charge in [0.05, 0.1) is 7.11 Å². The Balaban J connectivity index is 2.23. The van der Waals surface area contributed by atoms with Crippen LogP contribution in [-0.2, 0) is 21.4 Å². The second-order valence-corrected chi connectivity index (χ2v) is 4.63. The molecule has 96 valence electrons. The third kappa shape index (κ3) is 5.31. The largest absolute Gasteiger partial charge is 0.452 e. The molecule has 0 saturated heterocycles. The van der Waals surface area contributed by atoms with E-state index in [9.17, 15) is 13.2 Å². The van der Waals surface area contributed by atoms with Crippen molar-refractivity contribution in [2.45, 2.75) is 12.8 Å². The fourth-order valence-corrected chi connectivity index (χ4v) is 1.87. The summed E-state index contributed by atoms with van der Waals surface area (Å²) in [7, 11) is -2.75. The van der Waals surface area contributed by atoms with E-state index in [1.54, 1.807) is 17.1 Å². The van der Waals surface area contributed by atoms with E-state index in [1.807, 2.05) is 0 Å². The molecule has 9 heteroatoms. The molecule has 0 saturated carbocycles. The van der Waals surface area contributed by atoms with Gasteiger partial charge in [-0.1, -0.05) is 0 Å². The van der Waals surface area contributed by atoms with E-state index >= 15 is 0 Å². The lowest BCUT2D eigenvalue weighted by Crippen LogP contribution is -2.40. The van der Waals surface area contributed by atoms with Crippen LogP contribution in [0.5, 0.6) is 0 Å². The Morgan fingerprint density at radius 2 is 2.35 bits per heavy atom. The van der Waals surface area contributed by atoms with Gasteiger partial charge in [-0.3, -0.25) is 0 Å². The zero-order valence-corrected chi connectivity index (χ0v) is 10.1. The summed E-state index contributed by atoms with van der Waals surface area (Å²) >= 11 is 0. The SMILES string of the molecule is COC(=O)NS(=O)(=O)NCCCc1ncc[nH]1. The molecule has 17 heavy (non-hydrogen) atoms. The molecule has 1 rings (SSSR count). The Morgan fingerprint density at radius 3 is 2.94 bits per heavy atom. The van der Waals surface area contributed by atoms with Crippen LogP contribution in [0.4, 0.5) is 4.79 Å². The van der Waals surface area contributed by atoms with E-state index < -0.39 is 16.3 Å². The summed E-state index contributed by atoms with van der Waals surface area (Å²) in [6.45, 7) is 0.201. The normalized spacial score (nSPS) is 11.1. The molecule has 1 amide bonds. The first kappa shape index (κ1) is 13.5. The highest BCUT2D eigenvalue weighted by Gasteiger charge is 2.13. The molecule has 1 aromatic heterocycles. The third-order valence-corrected chi connectivity index (χ3v) is 2.86. The number of amides is 1. The molecule has 8 nitrogen and oxygen atoms in total. The van der Waals surface area contributed by atoms with Crippen LogP contribution in [0.2, 0.25) is 0 Å². The number of nitrogens with zero attached hydrogens (tertiary/aromatic N) is 1. The van der Waals surface area contributed by atoms with Gasteiger partial charge in [0, 0.05) is 25.4 Å². The number of ether oxygens (including phenoxy) is 1. The van der Waals surface area contributed by atoms with Crippen molar-refractivity contribution in [1.82, 2.24) is 19.4 Å². The van der Waals surface area contributed by atoms with Crippen molar-refractivity contribution >= 4 is 16.3 Å². The van der Waals surface area contributed by atoms with Crippen LogP contribution in [0.1, 0.15) is 12.2 Å². The minimum Gasteiger partial charge on any atom is -0.452 e. The van der Waals surface area contributed by atoms with Crippen LogP contribution in [-0.4, -0.2) is 38.1 Å². The topological polar surface area (TPSA) is 113 Å². The number of carbonyl (C=O) groups is 1. The van der Waals surface area contributed by atoms with E-state index in [4.69, 9.17) is 0 Å². The molecule has 0 aromatic carbocycles. The summed E-state index contributed by atoms with van der Waals surface area (Å²) in [6.07, 6.45) is 3.48. The van der Waals surface area contributed by atoms with Crippen LogP contribution in [0.25, 0.3) is 0 Å². The molecule has 1 heterocycles. The summed E-state index contributed by atoms with van der Waals surface area (Å²) in [4.78, 5) is 17.6. The first-order valence-corrected chi connectivity index (χ1v) is 6.35. The molecule has 0 bridgehead atoms. The summed E-state index contributed by atoms with van der Waals surface area (Å²) in [6, 6.07) is 0. The molecule has 0 fully saturated rings. The minimum atomic E-state index is -3.84. The van der Waals surface area contributed by atoms with Gasteiger partial charge >= 0.3 is 16.3 Å². The number of aromatic nitrogens is 2. The van der Waals surface area contributed by atoms with Gasteiger partial charge in [0.15, 0.2) is 0 Å². The summed E-state index contributed by atoms with van der Waals surface area (Å²) in [5.74, 6) is 0.783. The number of rotatable bonds is 6. The molecule has 0 aliphatic heterocycles. The van der Waals surface area contributed by atoms with Crippen molar-refractivity contribution in [1.29, 1.82) is 0 Å². The fourth-order valence-electron chi connectivity index (χ4n) is 1.08. The molecule has 3 N–H and O–H groups in total. The monoisotopic (exact) mass is 262 g/mol. The Kier molecular flexibility index (Phi) is 4.91. The summed E-state index contributed by atoms with van der Waals surface area (Å²) in [5, 5.41) is 0. The number of aryl methyl sites for hydroxylation is 1. The molecule has 0 unspecified atom stereocenters. The average Bonchev–Trinajstić information content (AvgIpc) is 2.76. The number of nitrogens with one attached hydrogen (secondary N) is 3. The average molecular weight is 262 g/mol. The smallest absolute Gasteiger partial charge is 0.421 e. The van der Waals surface area contributed by atoms with Crippen molar-refractivity contribution in [3.63, 3.8) is 0 Å². The van der Waals surface area contributed by atoms with Gasteiger partial charge in [-0.05, 0) is 6.42 Å². The second-order valence-electron chi connectivity index (χ2n) is 3.13. The number of hydrogen-bond acceptors (Lipinski definition) is 5. The maximum Gasteiger partial charge on any atom is 0.421 e. The number of H-pyrrole nitrogens is 1. The van der Waals surface area contributed by atoms with E-state index in [0.717, 1.165) is 12.9 Å². The highest BCUT2D eigenvalue weighted by atomic mass is 32.2. The predicted octanol–water partition coefficient (Wildman–Crippen LogP) is -0.467. The van der Waals surface area contributed by atoms with Crippen molar-refractivity contribution in [2.24, 2.45) is 0 Å². The van der Waals surface area contributed by atoms with Crippen LogP contribution < -0.4 is 9.44 Å². The number of methoxy groups -OCH3 is 1. The van der Waals surface area contributed by atoms with Gasteiger partial charge in [0.1, 0.15) is 5.82 Å². The van der Waals surface area contributed by atoms with E-state index in [-0.39, 0.29) is 6.54 Å². The Morgan fingerprint density at radius 1 is 1.59 bits per heavy atom. The molecule has 0 aliphatic rings. The van der Waals surface area contributed by atoms with Gasteiger partial charge in [0.25, 0.3) is 0 Å². The second kappa shape index (κ2) is 6.21. The minimum absolute atomic E-state index is 0.201. The van der Waals surface area contributed by atoms with Crippen molar-refractivity contribution in [2.75, 3.05) is 13.7 Å². The Hall–Kier alpha value is -1.61. The van der Waals surface area contributed by atoms with Gasteiger partial charge < -0.3 is 9.72 Å². The standard InChI is InChI=1S/C8H14N4O4S/c1-16-8(13)12-17(14,15)11-4-2-3-7-9-5-6-10-7/h5-6,11H,2-4H2,1H3,(H,9,10)(H,12,13). The maximum atomic E-state index is 11.2. The Labute approximate surface area is 99.0 Å². The van der Waals surface area contributed by atoms with E-state index in [2.05, 4.69) is 19.4 Å².